The van der Waals surface area contributed by atoms with Crippen LogP contribution in [0, 0.1) is 0 Å². The summed E-state index contributed by atoms with van der Waals surface area (Å²) in [6, 6.07) is 14.1. The molecule has 0 radical (unpaired) electrons. The predicted molar refractivity (Wildman–Crippen MR) is 156 cm³/mol. The van der Waals surface area contributed by atoms with E-state index in [0.717, 1.165) is 10.6 Å². The molecule has 1 saturated heterocycles. The molecule has 210 valence electrons. The van der Waals surface area contributed by atoms with Gasteiger partial charge in [-0.25, -0.2) is 18.1 Å². The number of methoxy groups -OCH3 is 3. The number of morpholine rings is 1. The summed E-state index contributed by atoms with van der Waals surface area (Å²) in [5.74, 6) is 1.68. The monoisotopic (exact) mass is 600 g/mol. The van der Waals surface area contributed by atoms with Crippen LogP contribution in [0.5, 0.6) is 17.2 Å². The van der Waals surface area contributed by atoms with Crippen molar-refractivity contribution in [2.75, 3.05) is 47.6 Å². The number of sulfonamides is 1. The normalized spacial score (nSPS) is 15.0. The molecule has 0 spiro atoms. The maximum absolute atomic E-state index is 13.0. The second-order valence-corrected chi connectivity index (χ2v) is 12.2. The van der Waals surface area contributed by atoms with Crippen LogP contribution in [0.4, 0.5) is 5.69 Å². The first kappa shape index (κ1) is 28.1. The van der Waals surface area contributed by atoms with E-state index >= 15 is 0 Å². The zero-order chi connectivity index (χ0) is 28.1. The molecule has 40 heavy (non-hydrogen) atoms. The second-order valence-electron chi connectivity index (χ2n) is 8.51. The predicted octanol–water partition coefficient (Wildman–Crippen LogP) is 4.44. The molecular formula is C27H28N4O6S3. The summed E-state index contributed by atoms with van der Waals surface area (Å²) in [6.07, 6.45) is 1.68. The largest absolute Gasteiger partial charge is 0.496 e. The molecule has 3 heterocycles. The van der Waals surface area contributed by atoms with E-state index in [1.54, 1.807) is 80.0 Å². The fraction of sp³-hybridized carbons (Fsp3) is 0.259. The molecule has 10 nitrogen and oxygen atoms in total. The number of benzene rings is 2. The van der Waals surface area contributed by atoms with Crippen LogP contribution in [0.1, 0.15) is 5.56 Å². The standard InChI is InChI=1S/C27H28N4O6S3/c1-34-23-16-25(36-3)24(35-2)15-19(23)17-28-31-22(26-5-4-14-38-26)18-39-27(31)29-20-6-8-21(9-7-20)40(32,33)30-10-12-37-13-11-30/h4-9,14-18H,10-13H2,1-3H3. The van der Waals surface area contributed by atoms with Gasteiger partial charge in [0.05, 0.1) is 61.9 Å². The Morgan fingerprint density at radius 1 is 0.925 bits per heavy atom. The Balaban J connectivity index is 1.53. The minimum atomic E-state index is -3.59. The lowest BCUT2D eigenvalue weighted by Crippen LogP contribution is -2.40. The zero-order valence-electron chi connectivity index (χ0n) is 22.1. The van der Waals surface area contributed by atoms with Crippen molar-refractivity contribution >= 4 is 44.6 Å². The highest BCUT2D eigenvalue weighted by Crippen LogP contribution is 2.34. The summed E-state index contributed by atoms with van der Waals surface area (Å²) in [7, 11) is 1.13. The fourth-order valence-electron chi connectivity index (χ4n) is 4.10. The Morgan fingerprint density at radius 3 is 2.27 bits per heavy atom. The highest BCUT2D eigenvalue weighted by atomic mass is 32.2. The van der Waals surface area contributed by atoms with Crippen molar-refractivity contribution in [1.29, 1.82) is 0 Å². The van der Waals surface area contributed by atoms with E-state index in [-0.39, 0.29) is 4.90 Å². The quantitative estimate of drug-likeness (QED) is 0.263. The van der Waals surface area contributed by atoms with Crippen LogP contribution < -0.4 is 19.0 Å². The van der Waals surface area contributed by atoms with Crippen LogP contribution in [-0.2, 0) is 14.8 Å². The number of aromatic nitrogens is 1. The number of nitrogens with zero attached hydrogens (tertiary/aromatic N) is 4. The van der Waals surface area contributed by atoms with Gasteiger partial charge in [0, 0.05) is 30.1 Å². The topological polar surface area (TPSA) is 104 Å². The minimum absolute atomic E-state index is 0.227. The number of thiazole rings is 1. The number of hydrogen-bond acceptors (Lipinski definition) is 10. The molecule has 1 aliphatic rings. The van der Waals surface area contributed by atoms with Crippen LogP contribution in [-0.4, -0.2) is 71.2 Å². The van der Waals surface area contributed by atoms with Gasteiger partial charge in [-0.3, -0.25) is 0 Å². The first-order chi connectivity index (χ1) is 19.4. The lowest BCUT2D eigenvalue weighted by Gasteiger charge is -2.26. The van der Waals surface area contributed by atoms with Gasteiger partial charge in [-0.05, 0) is 41.8 Å². The summed E-state index contributed by atoms with van der Waals surface area (Å²) >= 11 is 3.03. The number of hydrogen-bond donors (Lipinski definition) is 0. The Bertz CT molecular complexity index is 1650. The van der Waals surface area contributed by atoms with Crippen molar-refractivity contribution in [3.8, 4) is 27.8 Å². The first-order valence-corrected chi connectivity index (χ1v) is 15.5. The highest BCUT2D eigenvalue weighted by Gasteiger charge is 2.26. The van der Waals surface area contributed by atoms with Crippen LogP contribution in [0.25, 0.3) is 10.6 Å². The molecule has 0 unspecified atom stereocenters. The fourth-order valence-corrected chi connectivity index (χ4v) is 7.15. The lowest BCUT2D eigenvalue weighted by atomic mass is 10.2. The van der Waals surface area contributed by atoms with Gasteiger partial charge in [-0.1, -0.05) is 6.07 Å². The number of rotatable bonds is 9. The van der Waals surface area contributed by atoms with Crippen molar-refractivity contribution in [2.24, 2.45) is 10.1 Å². The van der Waals surface area contributed by atoms with Gasteiger partial charge in [0.25, 0.3) is 0 Å². The van der Waals surface area contributed by atoms with E-state index in [4.69, 9.17) is 29.0 Å². The van der Waals surface area contributed by atoms with Crippen LogP contribution in [0.2, 0.25) is 0 Å². The molecule has 0 amide bonds. The minimum Gasteiger partial charge on any atom is -0.496 e. The molecule has 0 N–H and O–H groups in total. The smallest absolute Gasteiger partial charge is 0.243 e. The Hall–Kier alpha value is -3.49. The van der Waals surface area contributed by atoms with Crippen LogP contribution in [0.3, 0.4) is 0 Å². The molecule has 2 aromatic heterocycles. The summed E-state index contributed by atoms with van der Waals surface area (Å²) in [5, 5.41) is 8.76. The molecule has 0 bridgehead atoms. The average Bonchev–Trinajstić information content (AvgIpc) is 3.66. The van der Waals surface area contributed by atoms with Gasteiger partial charge in [0.15, 0.2) is 11.5 Å². The van der Waals surface area contributed by atoms with Gasteiger partial charge in [0.1, 0.15) is 5.75 Å². The van der Waals surface area contributed by atoms with Crippen molar-refractivity contribution < 1.29 is 27.4 Å². The SMILES string of the molecule is COc1cc(OC)c(OC)cc1C=Nn1c(-c2cccs2)csc1=Nc1ccc(S(=O)(=O)N2CCOCC2)cc1. The van der Waals surface area contributed by atoms with E-state index in [2.05, 4.69) is 0 Å². The number of ether oxygens (including phenoxy) is 4. The Kier molecular flexibility index (Phi) is 8.66. The van der Waals surface area contributed by atoms with Gasteiger partial charge in [0.2, 0.25) is 14.8 Å². The summed E-state index contributed by atoms with van der Waals surface area (Å²) in [5.41, 5.74) is 2.17. The maximum atomic E-state index is 13.0. The summed E-state index contributed by atoms with van der Waals surface area (Å²) < 4.78 is 50.9. The third-order valence-corrected chi connectivity index (χ3v) is 9.80. The Morgan fingerprint density at radius 2 is 1.62 bits per heavy atom. The van der Waals surface area contributed by atoms with Crippen LogP contribution in [0.15, 0.2) is 74.3 Å². The molecule has 5 rings (SSSR count). The number of thiophene rings is 1. The second kappa shape index (κ2) is 12.4. The maximum Gasteiger partial charge on any atom is 0.243 e. The van der Waals surface area contributed by atoms with E-state index in [1.807, 2.05) is 22.9 Å². The summed E-state index contributed by atoms with van der Waals surface area (Å²) in [6.45, 7) is 1.48. The first-order valence-electron chi connectivity index (χ1n) is 12.3. The highest BCUT2D eigenvalue weighted by molar-refractivity contribution is 7.89. The molecule has 0 saturated carbocycles. The summed E-state index contributed by atoms with van der Waals surface area (Å²) in [4.78, 5) is 6.66. The van der Waals surface area contributed by atoms with Crippen molar-refractivity contribution in [2.45, 2.75) is 4.90 Å². The average molecular weight is 601 g/mol. The molecule has 2 aromatic carbocycles. The Labute approximate surface area is 240 Å². The van der Waals surface area contributed by atoms with Crippen molar-refractivity contribution in [3.05, 3.63) is 69.7 Å². The lowest BCUT2D eigenvalue weighted by molar-refractivity contribution is 0.0730. The molecule has 0 atom stereocenters. The molecule has 0 aliphatic carbocycles. The van der Waals surface area contributed by atoms with E-state index < -0.39 is 10.0 Å². The van der Waals surface area contributed by atoms with Crippen molar-refractivity contribution in [3.63, 3.8) is 0 Å². The molecule has 4 aromatic rings. The van der Waals surface area contributed by atoms with E-state index in [1.165, 1.54) is 15.6 Å². The van der Waals surface area contributed by atoms with E-state index in [0.29, 0.717) is 59.6 Å². The van der Waals surface area contributed by atoms with Gasteiger partial charge >= 0.3 is 0 Å². The van der Waals surface area contributed by atoms with Gasteiger partial charge < -0.3 is 18.9 Å². The van der Waals surface area contributed by atoms with Crippen LogP contribution >= 0.6 is 22.7 Å². The molecule has 13 heteroatoms. The third kappa shape index (κ3) is 5.83. The third-order valence-electron chi connectivity index (χ3n) is 6.18. The van der Waals surface area contributed by atoms with Gasteiger partial charge in [-0.2, -0.15) is 9.41 Å². The molecule has 1 fully saturated rings. The molecular weight excluding hydrogens is 573 g/mol. The van der Waals surface area contributed by atoms with Crippen molar-refractivity contribution in [1.82, 2.24) is 8.98 Å². The zero-order valence-corrected chi connectivity index (χ0v) is 24.6. The van der Waals surface area contributed by atoms with Gasteiger partial charge in [-0.15, -0.1) is 22.7 Å². The van der Waals surface area contributed by atoms with E-state index in [9.17, 15) is 8.42 Å². The molecule has 1 aliphatic heterocycles.